The summed E-state index contributed by atoms with van der Waals surface area (Å²) in [6, 6.07) is 0. The smallest absolute Gasteiger partial charge is 0.343 e. The van der Waals surface area contributed by atoms with Crippen molar-refractivity contribution in [3.05, 3.63) is 0 Å². The van der Waals surface area contributed by atoms with E-state index in [1.54, 1.807) is 0 Å². The summed E-state index contributed by atoms with van der Waals surface area (Å²) in [6.45, 7) is 0.679. The van der Waals surface area contributed by atoms with Gasteiger partial charge in [-0.2, -0.15) is 21.6 Å². The first-order valence-corrected chi connectivity index (χ1v) is 6.41. The van der Waals surface area contributed by atoms with Crippen LogP contribution in [0.4, 0.5) is 13.2 Å². The Kier molecular flexibility index (Phi) is 3.53. The molecule has 0 aliphatic rings. The molecule has 0 aromatic heterocycles. The van der Waals surface area contributed by atoms with Crippen LogP contribution in [0.2, 0.25) is 0 Å². The molecular weight excluding hydrogens is 236 g/mol. The number of halogens is 3. The van der Waals surface area contributed by atoms with Crippen molar-refractivity contribution < 1.29 is 35.2 Å². The van der Waals surface area contributed by atoms with E-state index in [4.69, 9.17) is 4.89 Å². The van der Waals surface area contributed by atoms with E-state index in [1.807, 2.05) is 0 Å². The van der Waals surface area contributed by atoms with Gasteiger partial charge in [0, 0.05) is 6.66 Å². The topological polar surface area (TPSA) is 80.7 Å². The van der Waals surface area contributed by atoms with Gasteiger partial charge in [-0.1, -0.05) is 0 Å². The maximum absolute atomic E-state index is 11.5. The van der Waals surface area contributed by atoms with Gasteiger partial charge in [0.1, 0.15) is 6.35 Å². The third kappa shape index (κ3) is 4.61. The summed E-state index contributed by atoms with van der Waals surface area (Å²) in [4.78, 5) is 8.45. The van der Waals surface area contributed by atoms with Gasteiger partial charge in [0.05, 0.1) is 0 Å². The van der Waals surface area contributed by atoms with Crippen LogP contribution in [-0.4, -0.2) is 31.8 Å². The number of hydrogen-bond donors (Lipinski definition) is 1. The third-order valence-corrected chi connectivity index (χ3v) is 2.51. The molecule has 0 fully saturated rings. The van der Waals surface area contributed by atoms with Crippen molar-refractivity contribution in [1.82, 2.24) is 0 Å². The molecule has 0 aromatic rings. The Morgan fingerprint density at radius 3 is 2.08 bits per heavy atom. The molecule has 1 unspecified atom stereocenters. The van der Waals surface area contributed by atoms with Crippen LogP contribution in [0.25, 0.3) is 0 Å². The average Bonchev–Trinajstić information content (AvgIpc) is 1.79. The van der Waals surface area contributed by atoms with Gasteiger partial charge in [0.25, 0.3) is 0 Å². The molecule has 0 rings (SSSR count). The van der Waals surface area contributed by atoms with Crippen LogP contribution in [-0.2, 0) is 18.9 Å². The first kappa shape index (κ1) is 12.9. The normalized spacial score (nSPS) is 18.2. The van der Waals surface area contributed by atoms with Gasteiger partial charge in [-0.05, 0) is 0 Å². The van der Waals surface area contributed by atoms with E-state index >= 15 is 0 Å². The predicted molar refractivity (Wildman–Crippen MR) is 36.7 cm³/mol. The number of alkyl halides is 3. The van der Waals surface area contributed by atoms with Crippen molar-refractivity contribution in [2.24, 2.45) is 0 Å². The molecule has 0 spiro atoms. The Balaban J connectivity index is 4.49. The highest BCUT2D eigenvalue weighted by Crippen LogP contribution is 2.37. The molecular formula is C3H6F3O5PS. The fraction of sp³-hybridized carbons (Fsp3) is 1.00. The molecule has 10 heteroatoms. The lowest BCUT2D eigenvalue weighted by molar-refractivity contribution is -0.0531. The van der Waals surface area contributed by atoms with Crippen LogP contribution in [0.5, 0.6) is 0 Å². The molecule has 0 bridgehead atoms. The molecule has 0 aliphatic heterocycles. The minimum absolute atomic E-state index is 0.679. The SMILES string of the molecule is CP(=O)(O)COS(=O)(=O)C(F)(F)F. The van der Waals surface area contributed by atoms with E-state index in [2.05, 4.69) is 4.18 Å². The summed E-state index contributed by atoms with van der Waals surface area (Å²) in [5.41, 5.74) is -5.57. The minimum atomic E-state index is -5.76. The molecule has 13 heavy (non-hydrogen) atoms. The van der Waals surface area contributed by atoms with Crippen molar-refractivity contribution in [3.63, 3.8) is 0 Å². The lowest BCUT2D eigenvalue weighted by atomic mass is 11.6. The van der Waals surface area contributed by atoms with Crippen molar-refractivity contribution in [2.45, 2.75) is 5.51 Å². The lowest BCUT2D eigenvalue weighted by Crippen LogP contribution is -2.25. The van der Waals surface area contributed by atoms with Crippen LogP contribution >= 0.6 is 7.37 Å². The second-order valence-electron chi connectivity index (χ2n) is 2.20. The summed E-state index contributed by atoms with van der Waals surface area (Å²) >= 11 is 0. The highest BCUT2D eigenvalue weighted by Gasteiger charge is 2.47. The molecule has 0 amide bonds. The van der Waals surface area contributed by atoms with Gasteiger partial charge in [-0.15, -0.1) is 0 Å². The molecule has 5 nitrogen and oxygen atoms in total. The number of rotatable bonds is 3. The lowest BCUT2D eigenvalue weighted by Gasteiger charge is -2.09. The first-order chi connectivity index (χ1) is 5.46. The Hall–Kier alpha value is -0.110. The molecule has 0 aliphatic carbocycles. The van der Waals surface area contributed by atoms with Gasteiger partial charge < -0.3 is 4.89 Å². The van der Waals surface area contributed by atoms with Gasteiger partial charge >= 0.3 is 15.6 Å². The van der Waals surface area contributed by atoms with Crippen LogP contribution in [0.15, 0.2) is 0 Å². The fourth-order valence-electron chi connectivity index (χ4n) is 0.234. The van der Waals surface area contributed by atoms with Gasteiger partial charge in [-0.3, -0.25) is 8.75 Å². The van der Waals surface area contributed by atoms with Crippen molar-refractivity contribution in [2.75, 3.05) is 13.0 Å². The van der Waals surface area contributed by atoms with Gasteiger partial charge in [0.2, 0.25) is 7.37 Å². The van der Waals surface area contributed by atoms with Crippen molar-refractivity contribution >= 4 is 17.5 Å². The van der Waals surface area contributed by atoms with Gasteiger partial charge in [-0.25, -0.2) is 0 Å². The Morgan fingerprint density at radius 1 is 1.46 bits per heavy atom. The fourth-order valence-corrected chi connectivity index (χ4v) is 1.71. The van der Waals surface area contributed by atoms with Crippen LogP contribution in [0.1, 0.15) is 0 Å². The van der Waals surface area contributed by atoms with Crippen molar-refractivity contribution in [1.29, 1.82) is 0 Å². The maximum atomic E-state index is 11.5. The monoisotopic (exact) mass is 242 g/mol. The molecule has 80 valence electrons. The second-order valence-corrected chi connectivity index (χ2v) is 6.16. The Morgan fingerprint density at radius 2 is 1.85 bits per heavy atom. The second kappa shape index (κ2) is 3.56. The molecule has 0 radical (unpaired) electrons. The zero-order chi connectivity index (χ0) is 10.9. The zero-order valence-electron chi connectivity index (χ0n) is 6.28. The van der Waals surface area contributed by atoms with Crippen LogP contribution < -0.4 is 0 Å². The predicted octanol–water partition coefficient (Wildman–Crippen LogP) is 0.710. The summed E-state index contributed by atoms with van der Waals surface area (Å²) in [5.74, 6) is 0. The van der Waals surface area contributed by atoms with E-state index < -0.39 is 29.3 Å². The first-order valence-electron chi connectivity index (χ1n) is 2.71. The molecule has 0 saturated carbocycles. The van der Waals surface area contributed by atoms with E-state index in [0.717, 1.165) is 0 Å². The Labute approximate surface area is 72.1 Å². The maximum Gasteiger partial charge on any atom is 0.523 e. The summed E-state index contributed by atoms with van der Waals surface area (Å²) in [6.07, 6.45) is -1.38. The highest BCUT2D eigenvalue weighted by atomic mass is 32.2. The van der Waals surface area contributed by atoms with E-state index in [9.17, 15) is 26.2 Å². The molecule has 0 aromatic carbocycles. The van der Waals surface area contributed by atoms with Crippen LogP contribution in [0, 0.1) is 0 Å². The summed E-state index contributed by atoms with van der Waals surface area (Å²) in [5, 5.41) is 0. The molecule has 0 heterocycles. The van der Waals surface area contributed by atoms with E-state index in [0.29, 0.717) is 6.66 Å². The zero-order valence-corrected chi connectivity index (χ0v) is 7.99. The van der Waals surface area contributed by atoms with Crippen LogP contribution in [0.3, 0.4) is 0 Å². The summed E-state index contributed by atoms with van der Waals surface area (Å²) < 4.78 is 68.5. The highest BCUT2D eigenvalue weighted by molar-refractivity contribution is 7.87. The molecule has 1 atom stereocenters. The largest absolute Gasteiger partial charge is 0.523 e. The minimum Gasteiger partial charge on any atom is -0.343 e. The van der Waals surface area contributed by atoms with E-state index in [-0.39, 0.29) is 0 Å². The Bertz CT molecular complexity index is 312. The third-order valence-electron chi connectivity index (χ3n) is 0.731. The quantitative estimate of drug-likeness (QED) is 0.447. The van der Waals surface area contributed by atoms with Crippen molar-refractivity contribution in [3.8, 4) is 0 Å². The number of hydrogen-bond acceptors (Lipinski definition) is 4. The van der Waals surface area contributed by atoms with E-state index in [1.165, 1.54) is 0 Å². The molecule has 1 N–H and O–H groups in total. The summed E-state index contributed by atoms with van der Waals surface area (Å²) in [7, 11) is -9.70. The average molecular weight is 242 g/mol. The van der Waals surface area contributed by atoms with Gasteiger partial charge in [0.15, 0.2) is 0 Å². The molecule has 0 saturated heterocycles. The standard InChI is InChI=1S/C3H6F3O5PS/c1-12(7,8)2-11-13(9,10)3(4,5)6/h2H2,1H3,(H,7,8).